The van der Waals surface area contributed by atoms with Gasteiger partial charge in [0.15, 0.2) is 0 Å². The molecule has 0 radical (unpaired) electrons. The predicted octanol–water partition coefficient (Wildman–Crippen LogP) is 3.41. The maximum absolute atomic E-state index is 5.51. The van der Waals surface area contributed by atoms with E-state index in [0.717, 1.165) is 10.2 Å². The minimum atomic E-state index is 0.260. The van der Waals surface area contributed by atoms with Gasteiger partial charge in [-0.2, -0.15) is 0 Å². The number of hydrogen-bond donors (Lipinski definition) is 0. The first-order valence-corrected chi connectivity index (χ1v) is 5.56. The molecule has 0 aliphatic carbocycles. The minimum absolute atomic E-state index is 0.260. The second kappa shape index (κ2) is 4.70. The first-order chi connectivity index (χ1) is 5.72. The van der Waals surface area contributed by atoms with Crippen molar-refractivity contribution < 1.29 is 4.74 Å². The van der Waals surface area contributed by atoms with Crippen LogP contribution < -0.4 is 4.74 Å². The van der Waals surface area contributed by atoms with Crippen molar-refractivity contribution in [1.29, 1.82) is 0 Å². The van der Waals surface area contributed by atoms with Crippen LogP contribution in [-0.2, 0) is 4.43 Å². The van der Waals surface area contributed by atoms with Crippen LogP contribution in [0, 0.1) is 0 Å². The van der Waals surface area contributed by atoms with Gasteiger partial charge in [-0.15, -0.1) is 0 Å². The third kappa shape index (κ3) is 3.01. The first kappa shape index (κ1) is 9.84. The molecule has 1 nitrogen and oxygen atoms in total. The van der Waals surface area contributed by atoms with Gasteiger partial charge < -0.3 is 4.74 Å². The molecule has 0 aliphatic heterocycles. The van der Waals surface area contributed by atoms with E-state index in [9.17, 15) is 0 Å². The van der Waals surface area contributed by atoms with Gasteiger partial charge in [0.25, 0.3) is 0 Å². The summed E-state index contributed by atoms with van der Waals surface area (Å²) >= 11 is 2.35. The monoisotopic (exact) mass is 276 g/mol. The van der Waals surface area contributed by atoms with Gasteiger partial charge in [-0.05, 0) is 31.5 Å². The highest BCUT2D eigenvalue weighted by atomic mass is 127. The number of hydrogen-bond acceptors (Lipinski definition) is 1. The third-order valence-electron chi connectivity index (χ3n) is 1.45. The Morgan fingerprint density at radius 2 is 1.83 bits per heavy atom. The number of ether oxygens (including phenoxy) is 1. The Kier molecular flexibility index (Phi) is 3.85. The van der Waals surface area contributed by atoms with E-state index in [1.54, 1.807) is 0 Å². The summed E-state index contributed by atoms with van der Waals surface area (Å²) < 4.78 is 6.57. The summed E-state index contributed by atoms with van der Waals surface area (Å²) in [6.45, 7) is 4.07. The highest BCUT2D eigenvalue weighted by Gasteiger charge is 1.96. The molecule has 1 aromatic rings. The molecule has 0 saturated carbocycles. The van der Waals surface area contributed by atoms with Crippen LogP contribution in [0.3, 0.4) is 0 Å². The molecule has 0 amide bonds. The molecule has 0 spiro atoms. The summed E-state index contributed by atoms with van der Waals surface area (Å²) in [4.78, 5) is 0. The second-order valence-electron chi connectivity index (χ2n) is 2.94. The summed E-state index contributed by atoms with van der Waals surface area (Å²) in [6, 6.07) is 8.25. The van der Waals surface area contributed by atoms with Gasteiger partial charge in [-0.25, -0.2) is 0 Å². The van der Waals surface area contributed by atoms with E-state index in [1.165, 1.54) is 5.56 Å². The minimum Gasteiger partial charge on any atom is -0.491 e. The fourth-order valence-electron chi connectivity index (χ4n) is 0.929. The molecular weight excluding hydrogens is 263 g/mol. The summed E-state index contributed by atoms with van der Waals surface area (Å²) in [7, 11) is 0. The van der Waals surface area contributed by atoms with Crippen LogP contribution in [0.15, 0.2) is 24.3 Å². The van der Waals surface area contributed by atoms with Crippen LogP contribution in [0.5, 0.6) is 5.75 Å². The Bertz CT molecular complexity index is 228. The van der Waals surface area contributed by atoms with Gasteiger partial charge in [-0.3, -0.25) is 0 Å². The van der Waals surface area contributed by atoms with Crippen molar-refractivity contribution in [2.45, 2.75) is 24.4 Å². The Balaban J connectivity index is 2.65. The first-order valence-electron chi connectivity index (χ1n) is 4.04. The fraction of sp³-hybridized carbons (Fsp3) is 0.400. The number of alkyl halides is 1. The topological polar surface area (TPSA) is 9.23 Å². The highest BCUT2D eigenvalue weighted by Crippen LogP contribution is 2.15. The van der Waals surface area contributed by atoms with Crippen LogP contribution in [0.4, 0.5) is 0 Å². The lowest BCUT2D eigenvalue weighted by Crippen LogP contribution is -2.05. The lowest BCUT2D eigenvalue weighted by atomic mass is 10.2. The van der Waals surface area contributed by atoms with Crippen LogP contribution in [0.2, 0.25) is 0 Å². The van der Waals surface area contributed by atoms with E-state index >= 15 is 0 Å². The van der Waals surface area contributed by atoms with Crippen molar-refractivity contribution in [1.82, 2.24) is 0 Å². The lowest BCUT2D eigenvalue weighted by molar-refractivity contribution is 0.242. The Labute approximate surface area is 87.3 Å². The maximum Gasteiger partial charge on any atom is 0.119 e. The van der Waals surface area contributed by atoms with Crippen LogP contribution in [0.1, 0.15) is 19.4 Å². The van der Waals surface area contributed by atoms with Crippen LogP contribution in [-0.4, -0.2) is 6.10 Å². The smallest absolute Gasteiger partial charge is 0.119 e. The van der Waals surface area contributed by atoms with Gasteiger partial charge in [0, 0.05) is 4.43 Å². The van der Waals surface area contributed by atoms with Gasteiger partial charge in [-0.1, -0.05) is 34.7 Å². The van der Waals surface area contributed by atoms with Crippen molar-refractivity contribution in [3.63, 3.8) is 0 Å². The summed E-state index contributed by atoms with van der Waals surface area (Å²) in [5, 5.41) is 0. The van der Waals surface area contributed by atoms with E-state index in [2.05, 4.69) is 34.7 Å². The zero-order chi connectivity index (χ0) is 8.97. The van der Waals surface area contributed by atoms with E-state index in [4.69, 9.17) is 4.74 Å². The number of halogens is 1. The van der Waals surface area contributed by atoms with E-state index in [1.807, 2.05) is 26.0 Å². The van der Waals surface area contributed by atoms with Gasteiger partial charge in [0.2, 0.25) is 0 Å². The fourth-order valence-corrected chi connectivity index (χ4v) is 1.44. The van der Waals surface area contributed by atoms with Gasteiger partial charge in [0.1, 0.15) is 5.75 Å². The SMILES string of the molecule is CC(C)Oc1ccc(CI)cc1. The molecule has 2 heteroatoms. The van der Waals surface area contributed by atoms with E-state index in [-0.39, 0.29) is 6.10 Å². The molecule has 0 unspecified atom stereocenters. The van der Waals surface area contributed by atoms with Crippen molar-refractivity contribution >= 4 is 22.6 Å². The Morgan fingerprint density at radius 1 is 1.25 bits per heavy atom. The molecule has 0 saturated heterocycles. The molecule has 0 fully saturated rings. The quantitative estimate of drug-likeness (QED) is 0.607. The molecule has 0 aromatic heterocycles. The van der Waals surface area contributed by atoms with E-state index in [0.29, 0.717) is 0 Å². The second-order valence-corrected chi connectivity index (χ2v) is 3.71. The van der Waals surface area contributed by atoms with Crippen molar-refractivity contribution in [2.24, 2.45) is 0 Å². The molecule has 1 rings (SSSR count). The molecule has 0 N–H and O–H groups in total. The average molecular weight is 276 g/mol. The molecule has 66 valence electrons. The molecular formula is C10H13IO. The van der Waals surface area contributed by atoms with Crippen molar-refractivity contribution in [3.05, 3.63) is 29.8 Å². The Hall–Kier alpha value is -0.250. The van der Waals surface area contributed by atoms with E-state index < -0.39 is 0 Å². The standard InChI is InChI=1S/C10H13IO/c1-8(2)12-10-5-3-9(7-11)4-6-10/h3-6,8H,7H2,1-2H3. The summed E-state index contributed by atoms with van der Waals surface area (Å²) in [5.74, 6) is 0.957. The summed E-state index contributed by atoms with van der Waals surface area (Å²) in [6.07, 6.45) is 0.260. The molecule has 0 aliphatic rings. The molecule has 0 atom stereocenters. The number of rotatable bonds is 3. The normalized spacial score (nSPS) is 10.3. The maximum atomic E-state index is 5.51. The van der Waals surface area contributed by atoms with Gasteiger partial charge in [0.05, 0.1) is 6.10 Å². The van der Waals surface area contributed by atoms with Crippen molar-refractivity contribution in [3.8, 4) is 5.75 Å². The molecule has 12 heavy (non-hydrogen) atoms. The summed E-state index contributed by atoms with van der Waals surface area (Å²) in [5.41, 5.74) is 1.34. The zero-order valence-electron chi connectivity index (χ0n) is 7.38. The largest absolute Gasteiger partial charge is 0.491 e. The van der Waals surface area contributed by atoms with Crippen molar-refractivity contribution in [2.75, 3.05) is 0 Å². The lowest BCUT2D eigenvalue weighted by Gasteiger charge is -2.09. The molecule has 1 aromatic carbocycles. The average Bonchev–Trinajstić information content (AvgIpc) is 2.05. The highest BCUT2D eigenvalue weighted by molar-refractivity contribution is 14.1. The van der Waals surface area contributed by atoms with Gasteiger partial charge >= 0.3 is 0 Å². The molecule has 0 bridgehead atoms. The Morgan fingerprint density at radius 3 is 2.25 bits per heavy atom. The van der Waals surface area contributed by atoms with Crippen LogP contribution >= 0.6 is 22.6 Å². The molecule has 0 heterocycles. The third-order valence-corrected chi connectivity index (χ3v) is 2.33. The predicted molar refractivity (Wildman–Crippen MR) is 59.9 cm³/mol. The van der Waals surface area contributed by atoms with Crippen LogP contribution in [0.25, 0.3) is 0 Å². The number of benzene rings is 1. The zero-order valence-corrected chi connectivity index (χ0v) is 9.54.